The van der Waals surface area contributed by atoms with Crippen molar-refractivity contribution in [2.75, 3.05) is 0 Å². The van der Waals surface area contributed by atoms with Gasteiger partial charge in [-0.05, 0) is 17.2 Å². The zero-order chi connectivity index (χ0) is 16.4. The minimum atomic E-state index is 0.395. The number of nitrogens with one attached hydrogen (secondary N) is 1. The third-order valence-corrected chi connectivity index (χ3v) is 4.32. The van der Waals surface area contributed by atoms with Gasteiger partial charge in [0.2, 0.25) is 0 Å². The number of H-pyrrole nitrogens is 1. The largest absolute Gasteiger partial charge is 0.361 e. The van der Waals surface area contributed by atoms with E-state index < -0.39 is 0 Å². The zero-order valence-electron chi connectivity index (χ0n) is 13.3. The number of fused-ring (bicyclic) bond motifs is 1. The van der Waals surface area contributed by atoms with E-state index in [9.17, 15) is 0 Å². The molecule has 0 aliphatic carbocycles. The number of hydrogen-bond donors (Lipinski definition) is 2. The molecular weight excluding hydrogens is 298 g/mol. The number of para-hydroxylation sites is 1. The molecule has 0 saturated carbocycles. The van der Waals surface area contributed by atoms with Gasteiger partial charge in [0.05, 0.1) is 17.9 Å². The third kappa shape index (κ3) is 2.70. The first-order chi connectivity index (χ1) is 11.8. The fourth-order valence-electron chi connectivity index (χ4n) is 3.06. The SMILES string of the molecule is NCc1nnn(Cc2ccccc2)c1Cc1c[nH]c2ccccc12. The van der Waals surface area contributed by atoms with Gasteiger partial charge in [0.25, 0.3) is 0 Å². The van der Waals surface area contributed by atoms with Gasteiger partial charge in [-0.3, -0.25) is 0 Å². The van der Waals surface area contributed by atoms with Crippen LogP contribution in [0.3, 0.4) is 0 Å². The maximum atomic E-state index is 5.88. The fourth-order valence-corrected chi connectivity index (χ4v) is 3.06. The molecule has 120 valence electrons. The van der Waals surface area contributed by atoms with E-state index in [1.54, 1.807) is 0 Å². The molecule has 0 atom stereocenters. The second kappa shape index (κ2) is 6.29. The van der Waals surface area contributed by atoms with Crippen molar-refractivity contribution >= 4 is 10.9 Å². The number of aromatic nitrogens is 4. The summed E-state index contributed by atoms with van der Waals surface area (Å²) in [7, 11) is 0. The average molecular weight is 317 g/mol. The molecule has 2 heterocycles. The Kier molecular flexibility index (Phi) is 3.84. The number of nitrogens with two attached hydrogens (primary N) is 1. The van der Waals surface area contributed by atoms with Crippen LogP contribution < -0.4 is 5.73 Å². The van der Waals surface area contributed by atoms with Crippen LogP contribution in [-0.4, -0.2) is 20.0 Å². The van der Waals surface area contributed by atoms with Crippen molar-refractivity contribution in [3.63, 3.8) is 0 Å². The van der Waals surface area contributed by atoms with Crippen LogP contribution in [0.15, 0.2) is 60.8 Å². The van der Waals surface area contributed by atoms with Gasteiger partial charge in [0, 0.05) is 30.1 Å². The van der Waals surface area contributed by atoms with Crippen molar-refractivity contribution in [2.24, 2.45) is 5.73 Å². The van der Waals surface area contributed by atoms with Crippen LogP contribution in [0.4, 0.5) is 0 Å². The van der Waals surface area contributed by atoms with Crippen molar-refractivity contribution in [1.29, 1.82) is 0 Å². The summed E-state index contributed by atoms with van der Waals surface area (Å²) in [5.74, 6) is 0. The molecule has 0 saturated heterocycles. The van der Waals surface area contributed by atoms with Gasteiger partial charge in [-0.1, -0.05) is 53.7 Å². The average Bonchev–Trinajstić information content (AvgIpc) is 3.21. The lowest BCUT2D eigenvalue weighted by atomic mass is 10.1. The van der Waals surface area contributed by atoms with Gasteiger partial charge >= 0.3 is 0 Å². The molecule has 0 spiro atoms. The summed E-state index contributed by atoms with van der Waals surface area (Å²) in [6.07, 6.45) is 2.82. The van der Waals surface area contributed by atoms with Crippen LogP contribution in [0.2, 0.25) is 0 Å². The van der Waals surface area contributed by atoms with Crippen LogP contribution in [0.1, 0.15) is 22.5 Å². The molecule has 0 aliphatic rings. The third-order valence-electron chi connectivity index (χ3n) is 4.32. The van der Waals surface area contributed by atoms with Crippen LogP contribution in [-0.2, 0) is 19.5 Å². The van der Waals surface area contributed by atoms with Crippen molar-refractivity contribution in [3.05, 3.63) is 83.3 Å². The highest BCUT2D eigenvalue weighted by molar-refractivity contribution is 5.83. The summed E-state index contributed by atoms with van der Waals surface area (Å²) in [6, 6.07) is 18.6. The molecule has 0 fully saturated rings. The van der Waals surface area contributed by atoms with E-state index in [4.69, 9.17) is 5.73 Å². The van der Waals surface area contributed by atoms with Gasteiger partial charge < -0.3 is 10.7 Å². The van der Waals surface area contributed by atoms with E-state index in [1.807, 2.05) is 28.9 Å². The first-order valence-electron chi connectivity index (χ1n) is 8.05. The lowest BCUT2D eigenvalue weighted by Gasteiger charge is -2.08. The number of nitrogens with zero attached hydrogens (tertiary/aromatic N) is 3. The van der Waals surface area contributed by atoms with E-state index in [2.05, 4.69) is 51.8 Å². The van der Waals surface area contributed by atoms with Crippen molar-refractivity contribution in [1.82, 2.24) is 20.0 Å². The van der Waals surface area contributed by atoms with Gasteiger partial charge in [0.1, 0.15) is 0 Å². The lowest BCUT2D eigenvalue weighted by molar-refractivity contribution is 0.625. The Bertz CT molecular complexity index is 952. The molecule has 4 rings (SSSR count). The highest BCUT2D eigenvalue weighted by Gasteiger charge is 2.14. The van der Waals surface area contributed by atoms with E-state index in [-0.39, 0.29) is 0 Å². The summed E-state index contributed by atoms with van der Waals surface area (Å²) in [6.45, 7) is 1.10. The van der Waals surface area contributed by atoms with Crippen molar-refractivity contribution < 1.29 is 0 Å². The van der Waals surface area contributed by atoms with E-state index >= 15 is 0 Å². The molecular formula is C19H19N5. The Morgan fingerprint density at radius 1 is 1.00 bits per heavy atom. The predicted molar refractivity (Wildman–Crippen MR) is 94.6 cm³/mol. The number of benzene rings is 2. The quantitative estimate of drug-likeness (QED) is 0.594. The minimum absolute atomic E-state index is 0.395. The molecule has 5 heteroatoms. The maximum absolute atomic E-state index is 5.88. The molecule has 3 N–H and O–H groups in total. The summed E-state index contributed by atoms with van der Waals surface area (Å²) in [5, 5.41) is 9.82. The Hall–Kier alpha value is -2.92. The summed E-state index contributed by atoms with van der Waals surface area (Å²) in [5.41, 5.74) is 11.4. The van der Waals surface area contributed by atoms with Crippen molar-refractivity contribution in [3.8, 4) is 0 Å². The van der Waals surface area contributed by atoms with Crippen LogP contribution in [0.25, 0.3) is 10.9 Å². The molecule has 24 heavy (non-hydrogen) atoms. The van der Waals surface area contributed by atoms with Crippen LogP contribution in [0.5, 0.6) is 0 Å². The minimum Gasteiger partial charge on any atom is -0.361 e. The van der Waals surface area contributed by atoms with E-state index in [0.29, 0.717) is 13.1 Å². The summed E-state index contributed by atoms with van der Waals surface area (Å²) < 4.78 is 1.96. The molecule has 2 aromatic carbocycles. The Morgan fingerprint density at radius 3 is 2.62 bits per heavy atom. The smallest absolute Gasteiger partial charge is 0.0998 e. The molecule has 0 aliphatic heterocycles. The fraction of sp³-hybridized carbons (Fsp3) is 0.158. The number of rotatable bonds is 5. The van der Waals surface area contributed by atoms with Gasteiger partial charge in [-0.2, -0.15) is 0 Å². The summed E-state index contributed by atoms with van der Waals surface area (Å²) >= 11 is 0. The molecule has 0 radical (unpaired) electrons. The van der Waals surface area contributed by atoms with Gasteiger partial charge in [-0.25, -0.2) is 4.68 Å². The Morgan fingerprint density at radius 2 is 1.79 bits per heavy atom. The highest BCUT2D eigenvalue weighted by atomic mass is 15.4. The molecule has 4 aromatic rings. The molecule has 0 unspecified atom stereocenters. The van der Waals surface area contributed by atoms with Gasteiger partial charge in [-0.15, -0.1) is 5.10 Å². The molecule has 0 amide bonds. The topological polar surface area (TPSA) is 72.5 Å². The second-order valence-electron chi connectivity index (χ2n) is 5.87. The highest BCUT2D eigenvalue weighted by Crippen LogP contribution is 2.22. The molecule has 0 bridgehead atoms. The molecule has 2 aromatic heterocycles. The maximum Gasteiger partial charge on any atom is 0.0998 e. The van der Waals surface area contributed by atoms with Gasteiger partial charge in [0.15, 0.2) is 0 Å². The van der Waals surface area contributed by atoms with E-state index in [0.717, 1.165) is 23.3 Å². The Balaban J connectivity index is 1.70. The monoisotopic (exact) mass is 317 g/mol. The van der Waals surface area contributed by atoms with Crippen LogP contribution >= 0.6 is 0 Å². The Labute approximate surface area is 140 Å². The number of hydrogen-bond acceptors (Lipinski definition) is 3. The standard InChI is InChI=1S/C19H19N5/c20-11-18-19(10-15-12-21-17-9-5-4-8-16(15)17)24(23-22-18)13-14-6-2-1-3-7-14/h1-9,12,21H,10-11,13,20H2. The predicted octanol–water partition coefficient (Wildman–Crippen LogP) is 2.86. The first-order valence-corrected chi connectivity index (χ1v) is 8.05. The second-order valence-corrected chi connectivity index (χ2v) is 5.87. The van der Waals surface area contributed by atoms with Crippen molar-refractivity contribution in [2.45, 2.75) is 19.5 Å². The normalized spacial score (nSPS) is 11.2. The lowest BCUT2D eigenvalue weighted by Crippen LogP contribution is -2.09. The summed E-state index contributed by atoms with van der Waals surface area (Å²) in [4.78, 5) is 3.33. The first kappa shape index (κ1) is 14.7. The van der Waals surface area contributed by atoms with E-state index in [1.165, 1.54) is 16.5 Å². The zero-order valence-corrected chi connectivity index (χ0v) is 13.3. The number of aromatic amines is 1. The van der Waals surface area contributed by atoms with Crippen LogP contribution in [0, 0.1) is 0 Å². The molecule has 5 nitrogen and oxygen atoms in total.